The summed E-state index contributed by atoms with van der Waals surface area (Å²) in [6, 6.07) is 7.73. The number of carbonyl (C=O) groups excluding carboxylic acids is 1. The van der Waals surface area contributed by atoms with Crippen LogP contribution in [-0.2, 0) is 4.74 Å². The van der Waals surface area contributed by atoms with Crippen LogP contribution in [0.1, 0.15) is 31.1 Å². The predicted molar refractivity (Wildman–Crippen MR) is 70.8 cm³/mol. The van der Waals surface area contributed by atoms with E-state index in [0.29, 0.717) is 6.61 Å². The zero-order valence-electron chi connectivity index (χ0n) is 10.9. The van der Waals surface area contributed by atoms with E-state index < -0.39 is 0 Å². The number of anilines is 1. The van der Waals surface area contributed by atoms with E-state index in [4.69, 9.17) is 4.74 Å². The lowest BCUT2D eigenvalue weighted by Crippen LogP contribution is -2.28. The number of rotatable bonds is 7. The van der Waals surface area contributed by atoms with Crippen LogP contribution in [0.25, 0.3) is 0 Å². The summed E-state index contributed by atoms with van der Waals surface area (Å²) in [6.45, 7) is 8.78. The Labute approximate surface area is 103 Å². The van der Waals surface area contributed by atoms with Crippen LogP contribution in [0.5, 0.6) is 0 Å². The first-order valence-electron chi connectivity index (χ1n) is 6.13. The van der Waals surface area contributed by atoms with Crippen molar-refractivity contribution in [3.05, 3.63) is 29.8 Å². The molecule has 0 aliphatic rings. The molecule has 0 saturated carbocycles. The molecule has 94 valence electrons. The van der Waals surface area contributed by atoms with Gasteiger partial charge in [-0.2, -0.15) is 0 Å². The highest BCUT2D eigenvalue weighted by Crippen LogP contribution is 2.20. The van der Waals surface area contributed by atoms with Gasteiger partial charge in [0.05, 0.1) is 6.61 Å². The van der Waals surface area contributed by atoms with Crippen LogP contribution in [0.2, 0.25) is 0 Å². The molecule has 0 aliphatic carbocycles. The molecule has 0 N–H and O–H groups in total. The third kappa shape index (κ3) is 3.86. The Morgan fingerprint density at radius 2 is 2.00 bits per heavy atom. The van der Waals surface area contributed by atoms with E-state index in [9.17, 15) is 4.79 Å². The Kier molecular flexibility index (Phi) is 5.70. The SMILES string of the molecule is CCOCCN(CC)c1ccccc1C(C)=O. The maximum Gasteiger partial charge on any atom is 0.161 e. The third-order valence-corrected chi connectivity index (χ3v) is 2.72. The minimum atomic E-state index is 0.107. The van der Waals surface area contributed by atoms with Crippen molar-refractivity contribution in [1.82, 2.24) is 0 Å². The zero-order valence-corrected chi connectivity index (χ0v) is 10.9. The van der Waals surface area contributed by atoms with Crippen molar-refractivity contribution in [2.75, 3.05) is 31.2 Å². The minimum absolute atomic E-state index is 0.107. The van der Waals surface area contributed by atoms with Gasteiger partial charge in [-0.05, 0) is 32.9 Å². The highest BCUT2D eigenvalue weighted by Gasteiger charge is 2.11. The average Bonchev–Trinajstić information content (AvgIpc) is 2.35. The number of ketones is 1. The number of hydrogen-bond donors (Lipinski definition) is 0. The van der Waals surface area contributed by atoms with Crippen molar-refractivity contribution < 1.29 is 9.53 Å². The zero-order chi connectivity index (χ0) is 12.7. The second kappa shape index (κ2) is 7.07. The quantitative estimate of drug-likeness (QED) is 0.537. The van der Waals surface area contributed by atoms with Gasteiger partial charge in [-0.15, -0.1) is 0 Å². The summed E-state index contributed by atoms with van der Waals surface area (Å²) in [4.78, 5) is 13.7. The van der Waals surface area contributed by atoms with Crippen molar-refractivity contribution in [3.8, 4) is 0 Å². The van der Waals surface area contributed by atoms with Crippen molar-refractivity contribution in [3.63, 3.8) is 0 Å². The molecular formula is C14H21NO2. The van der Waals surface area contributed by atoms with Crippen LogP contribution >= 0.6 is 0 Å². The standard InChI is InChI=1S/C14H21NO2/c1-4-15(10-11-17-5-2)14-9-7-6-8-13(14)12(3)16/h6-9H,4-5,10-11H2,1-3H3. The number of para-hydroxylation sites is 1. The van der Waals surface area contributed by atoms with E-state index in [2.05, 4.69) is 11.8 Å². The lowest BCUT2D eigenvalue weighted by molar-refractivity contribution is 0.101. The highest BCUT2D eigenvalue weighted by molar-refractivity contribution is 5.99. The predicted octanol–water partition coefficient (Wildman–Crippen LogP) is 2.75. The van der Waals surface area contributed by atoms with E-state index in [1.807, 2.05) is 31.2 Å². The van der Waals surface area contributed by atoms with Crippen LogP contribution < -0.4 is 4.90 Å². The first kappa shape index (κ1) is 13.7. The average molecular weight is 235 g/mol. The Morgan fingerprint density at radius 3 is 2.59 bits per heavy atom. The lowest BCUT2D eigenvalue weighted by atomic mass is 10.1. The van der Waals surface area contributed by atoms with E-state index in [-0.39, 0.29) is 5.78 Å². The maximum absolute atomic E-state index is 11.6. The van der Waals surface area contributed by atoms with Gasteiger partial charge in [0.2, 0.25) is 0 Å². The molecule has 0 aliphatic heterocycles. The number of Topliss-reactive ketones (excluding diaryl/α,β-unsaturated/α-hetero) is 1. The molecule has 1 aromatic carbocycles. The van der Waals surface area contributed by atoms with Crippen LogP contribution in [0, 0.1) is 0 Å². The van der Waals surface area contributed by atoms with Crippen molar-refractivity contribution in [1.29, 1.82) is 0 Å². The topological polar surface area (TPSA) is 29.5 Å². The van der Waals surface area contributed by atoms with Gasteiger partial charge >= 0.3 is 0 Å². The van der Waals surface area contributed by atoms with Crippen molar-refractivity contribution in [2.45, 2.75) is 20.8 Å². The Bertz CT molecular complexity index is 363. The monoisotopic (exact) mass is 235 g/mol. The summed E-state index contributed by atoms with van der Waals surface area (Å²) in [5.41, 5.74) is 1.79. The summed E-state index contributed by atoms with van der Waals surface area (Å²) < 4.78 is 5.36. The molecule has 1 rings (SSSR count). The molecule has 3 heteroatoms. The number of hydrogen-bond acceptors (Lipinski definition) is 3. The van der Waals surface area contributed by atoms with Gasteiger partial charge in [0.25, 0.3) is 0 Å². The molecule has 0 amide bonds. The van der Waals surface area contributed by atoms with E-state index >= 15 is 0 Å². The number of likely N-dealkylation sites (N-methyl/N-ethyl adjacent to an activating group) is 1. The summed E-state index contributed by atoms with van der Waals surface area (Å²) in [6.07, 6.45) is 0. The van der Waals surface area contributed by atoms with Gasteiger partial charge < -0.3 is 9.64 Å². The smallest absolute Gasteiger partial charge is 0.161 e. The molecule has 0 bridgehead atoms. The molecule has 1 aromatic rings. The molecule has 0 unspecified atom stereocenters. The summed E-state index contributed by atoms with van der Waals surface area (Å²) in [7, 11) is 0. The summed E-state index contributed by atoms with van der Waals surface area (Å²) in [5.74, 6) is 0.107. The molecule has 0 spiro atoms. The minimum Gasteiger partial charge on any atom is -0.380 e. The molecule has 0 aromatic heterocycles. The molecule has 0 fully saturated rings. The summed E-state index contributed by atoms with van der Waals surface area (Å²) in [5, 5.41) is 0. The highest BCUT2D eigenvalue weighted by atomic mass is 16.5. The maximum atomic E-state index is 11.6. The largest absolute Gasteiger partial charge is 0.380 e. The van der Waals surface area contributed by atoms with Gasteiger partial charge in [0, 0.05) is 30.9 Å². The van der Waals surface area contributed by atoms with Crippen LogP contribution in [0.3, 0.4) is 0 Å². The van der Waals surface area contributed by atoms with Crippen LogP contribution in [-0.4, -0.2) is 32.1 Å². The molecule has 3 nitrogen and oxygen atoms in total. The van der Waals surface area contributed by atoms with E-state index in [0.717, 1.165) is 30.9 Å². The molecule has 0 heterocycles. The molecule has 0 radical (unpaired) electrons. The Morgan fingerprint density at radius 1 is 1.29 bits per heavy atom. The first-order chi connectivity index (χ1) is 8.20. The second-order valence-electron chi connectivity index (χ2n) is 3.85. The molecule has 17 heavy (non-hydrogen) atoms. The van der Waals surface area contributed by atoms with Gasteiger partial charge in [0.1, 0.15) is 0 Å². The van der Waals surface area contributed by atoms with Crippen molar-refractivity contribution >= 4 is 11.5 Å². The summed E-state index contributed by atoms with van der Waals surface area (Å²) >= 11 is 0. The Balaban J connectivity index is 2.83. The molecule has 0 atom stereocenters. The van der Waals surface area contributed by atoms with Gasteiger partial charge in [-0.1, -0.05) is 12.1 Å². The fraction of sp³-hybridized carbons (Fsp3) is 0.500. The van der Waals surface area contributed by atoms with Gasteiger partial charge in [-0.3, -0.25) is 4.79 Å². The van der Waals surface area contributed by atoms with Crippen LogP contribution in [0.4, 0.5) is 5.69 Å². The number of ether oxygens (including phenoxy) is 1. The third-order valence-electron chi connectivity index (χ3n) is 2.72. The Hall–Kier alpha value is -1.35. The molecular weight excluding hydrogens is 214 g/mol. The second-order valence-corrected chi connectivity index (χ2v) is 3.85. The van der Waals surface area contributed by atoms with Gasteiger partial charge in [0.15, 0.2) is 5.78 Å². The van der Waals surface area contributed by atoms with Crippen LogP contribution in [0.15, 0.2) is 24.3 Å². The van der Waals surface area contributed by atoms with E-state index in [1.54, 1.807) is 6.92 Å². The number of benzene rings is 1. The fourth-order valence-electron chi connectivity index (χ4n) is 1.82. The number of nitrogens with zero attached hydrogens (tertiary/aromatic N) is 1. The normalized spacial score (nSPS) is 10.3. The lowest BCUT2D eigenvalue weighted by Gasteiger charge is -2.24. The molecule has 0 saturated heterocycles. The van der Waals surface area contributed by atoms with E-state index in [1.165, 1.54) is 0 Å². The van der Waals surface area contributed by atoms with Gasteiger partial charge in [-0.25, -0.2) is 0 Å². The first-order valence-corrected chi connectivity index (χ1v) is 6.13. The van der Waals surface area contributed by atoms with Crippen molar-refractivity contribution in [2.24, 2.45) is 0 Å². The number of carbonyl (C=O) groups is 1. The fourth-order valence-corrected chi connectivity index (χ4v) is 1.82.